The molecule has 1 aromatic heterocycles. The second-order valence-corrected chi connectivity index (χ2v) is 8.91. The number of nitrogens with one attached hydrogen (secondary N) is 1. The fraction of sp³-hybridized carbons (Fsp3) is 0.444. The molecule has 2 aromatic rings. The van der Waals surface area contributed by atoms with Crippen LogP contribution in [0.1, 0.15) is 24.5 Å². The molecule has 1 fully saturated rings. The van der Waals surface area contributed by atoms with Crippen molar-refractivity contribution < 1.29 is 27.2 Å². The van der Waals surface area contributed by atoms with Crippen molar-refractivity contribution in [1.82, 2.24) is 5.32 Å². The van der Waals surface area contributed by atoms with Crippen LogP contribution in [0.15, 0.2) is 28.9 Å². The molecule has 0 saturated carbocycles. The average Bonchev–Trinajstić information content (AvgIpc) is 3.09. The van der Waals surface area contributed by atoms with Crippen molar-refractivity contribution in [2.75, 3.05) is 11.5 Å². The number of ether oxygens (including phenoxy) is 1. The Morgan fingerprint density at radius 1 is 1.38 bits per heavy atom. The Morgan fingerprint density at radius 3 is 2.85 bits per heavy atom. The molecule has 7 nitrogen and oxygen atoms in total. The van der Waals surface area contributed by atoms with Crippen LogP contribution < -0.4 is 5.32 Å². The zero-order valence-electron chi connectivity index (χ0n) is 14.7. The Kier molecular flexibility index (Phi) is 5.04. The number of hydrogen-bond donors (Lipinski definition) is 1. The van der Waals surface area contributed by atoms with Crippen molar-refractivity contribution in [2.45, 2.75) is 38.8 Å². The molecule has 26 heavy (non-hydrogen) atoms. The Hall–Kier alpha value is -2.35. The zero-order valence-corrected chi connectivity index (χ0v) is 15.5. The Balaban J connectivity index is 1.56. The molecule has 0 unspecified atom stereocenters. The van der Waals surface area contributed by atoms with Gasteiger partial charge in [0, 0.05) is 17.0 Å². The van der Waals surface area contributed by atoms with E-state index in [-0.39, 0.29) is 17.9 Å². The molecule has 0 radical (unpaired) electrons. The number of esters is 1. The molecule has 2 atom stereocenters. The van der Waals surface area contributed by atoms with Crippen molar-refractivity contribution in [3.8, 4) is 0 Å². The summed E-state index contributed by atoms with van der Waals surface area (Å²) < 4.78 is 33.5. The SMILES string of the molecule is Cc1ccc2c(CC(=O)O[C@H](C)C(=O)N[C@@H]3CCS(=O)(=O)C3)coc2c1. The fourth-order valence-corrected chi connectivity index (χ4v) is 4.68. The summed E-state index contributed by atoms with van der Waals surface area (Å²) in [6.07, 6.45) is 0.895. The van der Waals surface area contributed by atoms with Crippen LogP contribution in [0, 0.1) is 6.92 Å². The van der Waals surface area contributed by atoms with Gasteiger partial charge in [-0.1, -0.05) is 12.1 Å². The highest BCUT2D eigenvalue weighted by atomic mass is 32.2. The van der Waals surface area contributed by atoms with Gasteiger partial charge in [-0.2, -0.15) is 0 Å². The first-order valence-electron chi connectivity index (χ1n) is 8.40. The molecule has 0 aliphatic carbocycles. The van der Waals surface area contributed by atoms with Gasteiger partial charge >= 0.3 is 5.97 Å². The van der Waals surface area contributed by atoms with Crippen LogP contribution in [-0.4, -0.2) is 43.9 Å². The van der Waals surface area contributed by atoms with Gasteiger partial charge in [-0.05, 0) is 31.9 Å². The third-order valence-corrected chi connectivity index (χ3v) is 6.17. The van der Waals surface area contributed by atoms with Crippen LogP contribution in [0.2, 0.25) is 0 Å². The molecule has 1 aliphatic rings. The molecule has 0 spiro atoms. The van der Waals surface area contributed by atoms with E-state index in [0.29, 0.717) is 17.6 Å². The van der Waals surface area contributed by atoms with Crippen molar-refractivity contribution in [2.24, 2.45) is 0 Å². The van der Waals surface area contributed by atoms with Gasteiger partial charge in [-0.15, -0.1) is 0 Å². The standard InChI is InChI=1S/C18H21NO6S/c1-11-3-4-15-13(9-24-16(15)7-11)8-17(20)25-12(2)18(21)19-14-5-6-26(22,23)10-14/h3-4,7,9,12,14H,5-6,8,10H2,1-2H3,(H,19,21)/t12-,14-/m1/s1. The molecule has 1 aliphatic heterocycles. The van der Waals surface area contributed by atoms with Crippen molar-refractivity contribution in [3.05, 3.63) is 35.6 Å². The lowest BCUT2D eigenvalue weighted by atomic mass is 10.1. The minimum atomic E-state index is -3.08. The molecule has 0 bridgehead atoms. The third kappa shape index (κ3) is 4.24. The number of carbonyl (C=O) groups excluding carboxylic acids is 2. The van der Waals surface area contributed by atoms with Gasteiger partial charge in [0.15, 0.2) is 15.9 Å². The van der Waals surface area contributed by atoms with E-state index in [1.165, 1.54) is 13.2 Å². The minimum Gasteiger partial charge on any atom is -0.464 e. The van der Waals surface area contributed by atoms with Gasteiger partial charge in [-0.25, -0.2) is 8.42 Å². The third-order valence-electron chi connectivity index (χ3n) is 4.40. The zero-order chi connectivity index (χ0) is 18.9. The number of aryl methyl sites for hydroxylation is 1. The number of furan rings is 1. The lowest BCUT2D eigenvalue weighted by Gasteiger charge is -2.16. The van der Waals surface area contributed by atoms with E-state index >= 15 is 0 Å². The maximum atomic E-state index is 12.1. The van der Waals surface area contributed by atoms with Crippen LogP contribution in [-0.2, 0) is 30.6 Å². The summed E-state index contributed by atoms with van der Waals surface area (Å²) in [5.74, 6) is -1.04. The quantitative estimate of drug-likeness (QED) is 0.790. The number of benzene rings is 1. The second-order valence-electron chi connectivity index (χ2n) is 6.68. The van der Waals surface area contributed by atoms with E-state index in [9.17, 15) is 18.0 Å². The Bertz CT molecular complexity index is 946. The summed E-state index contributed by atoms with van der Waals surface area (Å²) in [6, 6.07) is 5.27. The van der Waals surface area contributed by atoms with Crippen LogP contribution in [0.4, 0.5) is 0 Å². The molecule has 2 heterocycles. The summed E-state index contributed by atoms with van der Waals surface area (Å²) >= 11 is 0. The number of carbonyl (C=O) groups is 2. The van der Waals surface area contributed by atoms with Gasteiger partial charge in [-0.3, -0.25) is 9.59 Å². The van der Waals surface area contributed by atoms with E-state index < -0.39 is 33.9 Å². The summed E-state index contributed by atoms with van der Waals surface area (Å²) in [4.78, 5) is 24.2. The molecular weight excluding hydrogens is 358 g/mol. The first-order chi connectivity index (χ1) is 12.2. The highest BCUT2D eigenvalue weighted by Gasteiger charge is 2.30. The molecule has 1 saturated heterocycles. The summed E-state index contributed by atoms with van der Waals surface area (Å²) in [6.45, 7) is 3.42. The number of amides is 1. The average molecular weight is 379 g/mol. The molecule has 8 heteroatoms. The summed E-state index contributed by atoms with van der Waals surface area (Å²) in [5.41, 5.74) is 2.45. The Labute approximate surface area is 151 Å². The monoisotopic (exact) mass is 379 g/mol. The smallest absolute Gasteiger partial charge is 0.311 e. The van der Waals surface area contributed by atoms with Crippen LogP contribution in [0.25, 0.3) is 11.0 Å². The van der Waals surface area contributed by atoms with Gasteiger partial charge in [0.1, 0.15) is 5.58 Å². The highest BCUT2D eigenvalue weighted by Crippen LogP contribution is 2.23. The maximum Gasteiger partial charge on any atom is 0.311 e. The number of sulfone groups is 1. The fourth-order valence-electron chi connectivity index (χ4n) is 3.00. The van der Waals surface area contributed by atoms with Gasteiger partial charge in [0.2, 0.25) is 0 Å². The van der Waals surface area contributed by atoms with Gasteiger partial charge in [0.05, 0.1) is 24.2 Å². The van der Waals surface area contributed by atoms with Crippen LogP contribution >= 0.6 is 0 Å². The second kappa shape index (κ2) is 7.11. The van der Waals surface area contributed by atoms with Crippen molar-refractivity contribution in [3.63, 3.8) is 0 Å². The predicted molar refractivity (Wildman–Crippen MR) is 95.4 cm³/mol. The lowest BCUT2D eigenvalue weighted by molar-refractivity contribution is -0.154. The van der Waals surface area contributed by atoms with E-state index in [2.05, 4.69) is 5.32 Å². The van der Waals surface area contributed by atoms with Crippen molar-refractivity contribution >= 4 is 32.7 Å². The lowest BCUT2D eigenvalue weighted by Crippen LogP contribution is -2.42. The summed E-state index contributed by atoms with van der Waals surface area (Å²) in [5, 5.41) is 3.45. The molecular formula is C18H21NO6S. The van der Waals surface area contributed by atoms with E-state index in [1.807, 2.05) is 25.1 Å². The number of fused-ring (bicyclic) bond motifs is 1. The first-order valence-corrected chi connectivity index (χ1v) is 10.2. The normalized spacial score (nSPS) is 20.0. The predicted octanol–water partition coefficient (Wildman–Crippen LogP) is 1.52. The van der Waals surface area contributed by atoms with Gasteiger partial charge < -0.3 is 14.5 Å². The van der Waals surface area contributed by atoms with E-state index in [1.54, 1.807) is 0 Å². The van der Waals surface area contributed by atoms with E-state index in [4.69, 9.17) is 9.15 Å². The van der Waals surface area contributed by atoms with Crippen LogP contribution in [0.3, 0.4) is 0 Å². The molecule has 140 valence electrons. The largest absolute Gasteiger partial charge is 0.464 e. The molecule has 1 amide bonds. The topological polar surface area (TPSA) is 103 Å². The van der Waals surface area contributed by atoms with Crippen LogP contribution in [0.5, 0.6) is 0 Å². The molecule has 1 aromatic carbocycles. The van der Waals surface area contributed by atoms with Gasteiger partial charge in [0.25, 0.3) is 5.91 Å². The highest BCUT2D eigenvalue weighted by molar-refractivity contribution is 7.91. The maximum absolute atomic E-state index is 12.1. The summed E-state index contributed by atoms with van der Waals surface area (Å²) in [7, 11) is -3.08. The minimum absolute atomic E-state index is 0.00844. The Morgan fingerprint density at radius 2 is 2.15 bits per heavy atom. The number of hydrogen-bond acceptors (Lipinski definition) is 6. The first kappa shape index (κ1) is 18.4. The molecule has 3 rings (SSSR count). The number of rotatable bonds is 5. The van der Waals surface area contributed by atoms with E-state index in [0.717, 1.165) is 10.9 Å². The molecule has 1 N–H and O–H groups in total. The van der Waals surface area contributed by atoms with Crippen molar-refractivity contribution in [1.29, 1.82) is 0 Å².